The molecule has 2 rings (SSSR count). The lowest BCUT2D eigenvalue weighted by Crippen LogP contribution is -2.23. The molecule has 1 amide bonds. The first-order chi connectivity index (χ1) is 10.1. The van der Waals surface area contributed by atoms with Crippen molar-refractivity contribution in [1.82, 2.24) is 15.1 Å². The topological polar surface area (TPSA) is 81.9 Å². The van der Waals surface area contributed by atoms with Gasteiger partial charge in [-0.05, 0) is 29.8 Å². The minimum atomic E-state index is -0.184. The van der Waals surface area contributed by atoms with Crippen LogP contribution in [0.1, 0.15) is 21.6 Å². The number of amides is 1. The Balaban J connectivity index is 2.01. The zero-order chi connectivity index (χ0) is 15.2. The number of rotatable bonds is 4. The van der Waals surface area contributed by atoms with E-state index in [0.717, 1.165) is 5.56 Å². The summed E-state index contributed by atoms with van der Waals surface area (Å²) < 4.78 is 0. The van der Waals surface area contributed by atoms with Crippen LogP contribution in [-0.2, 0) is 6.54 Å². The number of carbonyl (C=O) groups is 1. The van der Waals surface area contributed by atoms with E-state index >= 15 is 0 Å². The van der Waals surface area contributed by atoms with Crippen LogP contribution in [0.4, 0.5) is 5.82 Å². The van der Waals surface area contributed by atoms with Crippen LogP contribution in [0.15, 0.2) is 36.4 Å². The summed E-state index contributed by atoms with van der Waals surface area (Å²) in [5, 5.41) is 19.8. The Kier molecular flexibility index (Phi) is 4.46. The van der Waals surface area contributed by atoms with Crippen LogP contribution in [0.2, 0.25) is 0 Å². The van der Waals surface area contributed by atoms with Gasteiger partial charge in [-0.2, -0.15) is 5.26 Å². The largest absolute Gasteiger partial charge is 0.365 e. The van der Waals surface area contributed by atoms with Crippen LogP contribution in [0.5, 0.6) is 0 Å². The molecule has 1 N–H and O–H groups in total. The molecule has 6 heteroatoms. The summed E-state index contributed by atoms with van der Waals surface area (Å²) in [6, 6.07) is 12.8. The molecule has 0 aliphatic carbocycles. The highest BCUT2D eigenvalue weighted by Gasteiger charge is 2.09. The number of anilines is 1. The number of nitrogens with zero attached hydrogens (tertiary/aromatic N) is 4. The van der Waals surface area contributed by atoms with E-state index in [1.165, 1.54) is 4.90 Å². The average molecular weight is 281 g/mol. The molecule has 1 heterocycles. The summed E-state index contributed by atoms with van der Waals surface area (Å²) in [6.07, 6.45) is 0. The number of nitriles is 1. The molecule has 0 unspecified atom stereocenters. The Hall–Kier alpha value is -2.94. The van der Waals surface area contributed by atoms with Gasteiger partial charge in [0.15, 0.2) is 5.69 Å². The molecule has 1 aromatic heterocycles. The maximum Gasteiger partial charge on any atom is 0.273 e. The van der Waals surface area contributed by atoms with Gasteiger partial charge in [-0.1, -0.05) is 12.1 Å². The van der Waals surface area contributed by atoms with Crippen molar-refractivity contribution in [2.75, 3.05) is 19.4 Å². The number of aromatic nitrogens is 2. The van der Waals surface area contributed by atoms with Gasteiger partial charge in [-0.25, -0.2) is 0 Å². The summed E-state index contributed by atoms with van der Waals surface area (Å²) in [5.74, 6) is 0.392. The van der Waals surface area contributed by atoms with Gasteiger partial charge < -0.3 is 10.2 Å². The Bertz CT molecular complexity index is 673. The van der Waals surface area contributed by atoms with E-state index in [1.807, 2.05) is 18.2 Å². The van der Waals surface area contributed by atoms with Crippen LogP contribution in [0.25, 0.3) is 0 Å². The number of benzene rings is 1. The molecule has 0 fully saturated rings. The first-order valence-corrected chi connectivity index (χ1v) is 6.38. The molecule has 0 spiro atoms. The summed E-state index contributed by atoms with van der Waals surface area (Å²) in [5.41, 5.74) is 1.90. The first kappa shape index (κ1) is 14.5. The van der Waals surface area contributed by atoms with Crippen LogP contribution in [0, 0.1) is 11.3 Å². The SMILES string of the molecule is CN(C)C(=O)c1ccc(NCc2cccc(C#N)c2)nn1. The molecule has 0 radical (unpaired) electrons. The third-order valence-electron chi connectivity index (χ3n) is 2.82. The predicted molar refractivity (Wildman–Crippen MR) is 78.5 cm³/mol. The van der Waals surface area contributed by atoms with E-state index in [1.54, 1.807) is 32.3 Å². The molecule has 0 saturated carbocycles. The number of hydrogen-bond donors (Lipinski definition) is 1. The molecule has 2 aromatic rings. The number of nitrogens with one attached hydrogen (secondary N) is 1. The van der Waals surface area contributed by atoms with Gasteiger partial charge >= 0.3 is 0 Å². The Morgan fingerprint density at radius 1 is 1.29 bits per heavy atom. The Morgan fingerprint density at radius 2 is 2.10 bits per heavy atom. The standard InChI is InChI=1S/C15H15N5O/c1-20(2)15(21)13-6-7-14(19-18-13)17-10-12-5-3-4-11(8-12)9-16/h3-8H,10H2,1-2H3,(H,17,19). The lowest BCUT2D eigenvalue weighted by Gasteiger charge is -2.09. The van der Waals surface area contributed by atoms with Crippen molar-refractivity contribution in [3.8, 4) is 6.07 Å². The van der Waals surface area contributed by atoms with E-state index in [4.69, 9.17) is 5.26 Å². The van der Waals surface area contributed by atoms with Crippen molar-refractivity contribution in [3.05, 3.63) is 53.2 Å². The van der Waals surface area contributed by atoms with Gasteiger partial charge in [-0.15, -0.1) is 10.2 Å². The highest BCUT2D eigenvalue weighted by Crippen LogP contribution is 2.08. The third kappa shape index (κ3) is 3.76. The van der Waals surface area contributed by atoms with Gasteiger partial charge in [0.1, 0.15) is 5.82 Å². The lowest BCUT2D eigenvalue weighted by atomic mass is 10.1. The maximum absolute atomic E-state index is 11.7. The molecule has 0 bridgehead atoms. The molecule has 0 aliphatic heterocycles. The smallest absolute Gasteiger partial charge is 0.273 e. The van der Waals surface area contributed by atoms with E-state index in [9.17, 15) is 4.79 Å². The van der Waals surface area contributed by atoms with Crippen LogP contribution >= 0.6 is 0 Å². The Labute approximate surface area is 123 Å². The highest BCUT2D eigenvalue weighted by molar-refractivity contribution is 5.91. The van der Waals surface area contributed by atoms with E-state index in [2.05, 4.69) is 21.6 Å². The third-order valence-corrected chi connectivity index (χ3v) is 2.82. The van der Waals surface area contributed by atoms with Gasteiger partial charge in [0.25, 0.3) is 5.91 Å². The van der Waals surface area contributed by atoms with Crippen molar-refractivity contribution in [1.29, 1.82) is 5.26 Å². The van der Waals surface area contributed by atoms with Gasteiger partial charge in [-0.3, -0.25) is 4.79 Å². The fraction of sp³-hybridized carbons (Fsp3) is 0.200. The van der Waals surface area contributed by atoms with E-state index < -0.39 is 0 Å². The van der Waals surface area contributed by atoms with Crippen molar-refractivity contribution in [2.24, 2.45) is 0 Å². The highest BCUT2D eigenvalue weighted by atomic mass is 16.2. The van der Waals surface area contributed by atoms with E-state index in [0.29, 0.717) is 23.6 Å². The maximum atomic E-state index is 11.7. The number of carbonyl (C=O) groups excluding carboxylic acids is 1. The fourth-order valence-corrected chi connectivity index (χ4v) is 1.71. The molecule has 0 aliphatic rings. The van der Waals surface area contributed by atoms with Gasteiger partial charge in [0, 0.05) is 20.6 Å². The fourth-order valence-electron chi connectivity index (χ4n) is 1.71. The normalized spacial score (nSPS) is 9.76. The number of hydrogen-bond acceptors (Lipinski definition) is 5. The van der Waals surface area contributed by atoms with Crippen LogP contribution in [-0.4, -0.2) is 35.1 Å². The molecule has 0 atom stereocenters. The first-order valence-electron chi connectivity index (χ1n) is 6.38. The average Bonchev–Trinajstić information content (AvgIpc) is 2.53. The van der Waals surface area contributed by atoms with E-state index in [-0.39, 0.29) is 5.91 Å². The molecular formula is C15H15N5O. The zero-order valence-corrected chi connectivity index (χ0v) is 11.9. The van der Waals surface area contributed by atoms with Gasteiger partial charge in [0.2, 0.25) is 0 Å². The summed E-state index contributed by atoms with van der Waals surface area (Å²) in [4.78, 5) is 13.1. The summed E-state index contributed by atoms with van der Waals surface area (Å²) in [7, 11) is 3.33. The van der Waals surface area contributed by atoms with Crippen molar-refractivity contribution >= 4 is 11.7 Å². The minimum absolute atomic E-state index is 0.184. The minimum Gasteiger partial charge on any atom is -0.365 e. The van der Waals surface area contributed by atoms with Crippen molar-refractivity contribution in [3.63, 3.8) is 0 Å². The molecule has 6 nitrogen and oxygen atoms in total. The molecule has 1 aromatic carbocycles. The second kappa shape index (κ2) is 6.48. The van der Waals surface area contributed by atoms with Crippen molar-refractivity contribution < 1.29 is 4.79 Å². The Morgan fingerprint density at radius 3 is 2.71 bits per heavy atom. The molecule has 21 heavy (non-hydrogen) atoms. The molecule has 106 valence electrons. The van der Waals surface area contributed by atoms with Crippen molar-refractivity contribution in [2.45, 2.75) is 6.54 Å². The van der Waals surface area contributed by atoms with Crippen LogP contribution < -0.4 is 5.32 Å². The summed E-state index contributed by atoms with van der Waals surface area (Å²) >= 11 is 0. The monoisotopic (exact) mass is 281 g/mol. The second-order valence-corrected chi connectivity index (χ2v) is 4.67. The quantitative estimate of drug-likeness (QED) is 0.921. The molecule has 0 saturated heterocycles. The molecular weight excluding hydrogens is 266 g/mol. The van der Waals surface area contributed by atoms with Crippen LogP contribution in [0.3, 0.4) is 0 Å². The second-order valence-electron chi connectivity index (χ2n) is 4.67. The summed E-state index contributed by atoms with van der Waals surface area (Å²) in [6.45, 7) is 0.533. The lowest BCUT2D eigenvalue weighted by molar-refractivity contribution is 0.0821. The predicted octanol–water partition coefficient (Wildman–Crippen LogP) is 1.66. The van der Waals surface area contributed by atoms with Gasteiger partial charge in [0.05, 0.1) is 11.6 Å². The zero-order valence-electron chi connectivity index (χ0n) is 11.9.